The number of carboxylic acid groups (broad SMARTS) is 1. The number of nitrogens with zero attached hydrogens (tertiary/aromatic N) is 5. The molecule has 0 atom stereocenters. The van der Waals surface area contributed by atoms with E-state index in [0.717, 1.165) is 60.0 Å². The van der Waals surface area contributed by atoms with Gasteiger partial charge in [-0.2, -0.15) is 0 Å². The van der Waals surface area contributed by atoms with Crippen molar-refractivity contribution in [2.45, 2.75) is 0 Å². The highest BCUT2D eigenvalue weighted by atomic mass is 16.4. The van der Waals surface area contributed by atoms with Gasteiger partial charge < -0.3 is 14.9 Å². The Morgan fingerprint density at radius 3 is 2.23 bits per heavy atom. The predicted molar refractivity (Wildman–Crippen MR) is 138 cm³/mol. The SMILES string of the molecule is O=C(O)c1ccc2nc(-c3ccccc3)c(N3CCN(c4ccc5ccccc5n4)CC3)nc2c1. The van der Waals surface area contributed by atoms with Gasteiger partial charge in [0.05, 0.1) is 22.1 Å². The third-order valence-corrected chi connectivity index (χ3v) is 6.43. The summed E-state index contributed by atoms with van der Waals surface area (Å²) in [5.74, 6) is 0.776. The highest BCUT2D eigenvalue weighted by molar-refractivity contribution is 5.93. The number of aromatic nitrogens is 3. The van der Waals surface area contributed by atoms with Gasteiger partial charge in [0.2, 0.25) is 0 Å². The van der Waals surface area contributed by atoms with Crippen LogP contribution in [0, 0.1) is 0 Å². The maximum atomic E-state index is 11.5. The molecule has 1 N–H and O–H groups in total. The molecular weight excluding hydrogens is 438 g/mol. The molecule has 1 aliphatic heterocycles. The second-order valence-electron chi connectivity index (χ2n) is 8.61. The number of piperazine rings is 1. The standard InChI is InChI=1S/C28H23N5O2/c34-28(35)21-10-12-23-24(18-21)31-27(26(30-23)20-7-2-1-3-8-20)33-16-14-32(15-17-33)25-13-11-19-6-4-5-9-22(19)29-25/h1-13,18H,14-17H2,(H,34,35). The Balaban J connectivity index is 1.34. The Morgan fingerprint density at radius 1 is 0.686 bits per heavy atom. The van der Waals surface area contributed by atoms with E-state index in [1.165, 1.54) is 0 Å². The highest BCUT2D eigenvalue weighted by Gasteiger charge is 2.23. The van der Waals surface area contributed by atoms with Gasteiger partial charge in [-0.05, 0) is 36.4 Å². The maximum Gasteiger partial charge on any atom is 0.335 e. The van der Waals surface area contributed by atoms with Gasteiger partial charge in [-0.15, -0.1) is 0 Å². The van der Waals surface area contributed by atoms with Gasteiger partial charge in [0.15, 0.2) is 5.82 Å². The molecule has 0 unspecified atom stereocenters. The first-order valence-corrected chi connectivity index (χ1v) is 11.6. The summed E-state index contributed by atoms with van der Waals surface area (Å²) in [6.45, 7) is 3.11. The largest absolute Gasteiger partial charge is 0.478 e. The topological polar surface area (TPSA) is 82.5 Å². The quantitative estimate of drug-likeness (QED) is 0.409. The van der Waals surface area contributed by atoms with Crippen LogP contribution in [0.3, 0.4) is 0 Å². The first-order chi connectivity index (χ1) is 17.2. The van der Waals surface area contributed by atoms with Crippen molar-refractivity contribution in [1.29, 1.82) is 0 Å². The maximum absolute atomic E-state index is 11.5. The number of anilines is 2. The van der Waals surface area contributed by atoms with E-state index < -0.39 is 5.97 Å². The number of aromatic carboxylic acids is 1. The minimum Gasteiger partial charge on any atom is -0.478 e. The fraction of sp³-hybridized carbons (Fsp3) is 0.143. The average molecular weight is 462 g/mol. The molecule has 0 saturated carbocycles. The van der Waals surface area contributed by atoms with Gasteiger partial charge in [-0.1, -0.05) is 48.5 Å². The Hall–Kier alpha value is -4.52. The van der Waals surface area contributed by atoms with E-state index >= 15 is 0 Å². The number of carboxylic acids is 1. The van der Waals surface area contributed by atoms with Crippen molar-refractivity contribution >= 4 is 39.5 Å². The lowest BCUT2D eigenvalue weighted by molar-refractivity contribution is 0.0697. The summed E-state index contributed by atoms with van der Waals surface area (Å²) in [6.07, 6.45) is 0. The molecule has 0 spiro atoms. The van der Waals surface area contributed by atoms with Crippen molar-refractivity contribution in [1.82, 2.24) is 15.0 Å². The van der Waals surface area contributed by atoms with E-state index in [9.17, 15) is 9.90 Å². The minimum atomic E-state index is -0.973. The van der Waals surface area contributed by atoms with Crippen LogP contribution in [0.25, 0.3) is 33.2 Å². The van der Waals surface area contributed by atoms with Gasteiger partial charge in [0.25, 0.3) is 0 Å². The summed E-state index contributed by atoms with van der Waals surface area (Å²) in [5.41, 5.74) is 4.25. The monoisotopic (exact) mass is 461 g/mol. The lowest BCUT2D eigenvalue weighted by Crippen LogP contribution is -2.47. The molecule has 172 valence electrons. The normalized spacial score (nSPS) is 13.9. The third kappa shape index (κ3) is 4.01. The summed E-state index contributed by atoms with van der Waals surface area (Å²) in [6, 6.07) is 27.2. The summed E-state index contributed by atoms with van der Waals surface area (Å²) < 4.78 is 0. The van der Waals surface area contributed by atoms with E-state index in [1.54, 1.807) is 18.2 Å². The Kier molecular flexibility index (Phi) is 5.22. The Labute approximate surface area is 202 Å². The van der Waals surface area contributed by atoms with Gasteiger partial charge >= 0.3 is 5.97 Å². The molecule has 5 aromatic rings. The van der Waals surface area contributed by atoms with Crippen LogP contribution in [0.15, 0.2) is 84.9 Å². The van der Waals surface area contributed by atoms with Crippen LogP contribution in [-0.2, 0) is 0 Å². The number of carbonyl (C=O) groups is 1. The van der Waals surface area contributed by atoms with Crippen LogP contribution in [0.5, 0.6) is 0 Å². The lowest BCUT2D eigenvalue weighted by atomic mass is 10.1. The van der Waals surface area contributed by atoms with Crippen LogP contribution in [0.2, 0.25) is 0 Å². The van der Waals surface area contributed by atoms with Crippen molar-refractivity contribution in [3.63, 3.8) is 0 Å². The highest BCUT2D eigenvalue weighted by Crippen LogP contribution is 2.31. The van der Waals surface area contributed by atoms with E-state index in [0.29, 0.717) is 11.0 Å². The summed E-state index contributed by atoms with van der Waals surface area (Å²) in [7, 11) is 0. The van der Waals surface area contributed by atoms with E-state index in [1.807, 2.05) is 48.5 Å². The molecule has 1 fully saturated rings. The van der Waals surface area contributed by atoms with Crippen LogP contribution >= 0.6 is 0 Å². The van der Waals surface area contributed by atoms with Crippen molar-refractivity contribution < 1.29 is 9.90 Å². The summed E-state index contributed by atoms with van der Waals surface area (Å²) >= 11 is 0. The lowest BCUT2D eigenvalue weighted by Gasteiger charge is -2.36. The van der Waals surface area contributed by atoms with Crippen LogP contribution in [0.4, 0.5) is 11.6 Å². The molecule has 7 nitrogen and oxygen atoms in total. The fourth-order valence-electron chi connectivity index (χ4n) is 4.57. The van der Waals surface area contributed by atoms with Crippen LogP contribution in [-0.4, -0.2) is 52.2 Å². The average Bonchev–Trinajstić information content (AvgIpc) is 2.92. The first-order valence-electron chi connectivity index (χ1n) is 11.6. The molecule has 3 heterocycles. The number of benzene rings is 3. The third-order valence-electron chi connectivity index (χ3n) is 6.43. The van der Waals surface area contributed by atoms with E-state index in [-0.39, 0.29) is 5.56 Å². The Bertz CT molecular complexity index is 1550. The number of hydrogen-bond acceptors (Lipinski definition) is 6. The number of fused-ring (bicyclic) bond motifs is 2. The molecule has 3 aromatic carbocycles. The van der Waals surface area contributed by atoms with Crippen molar-refractivity contribution in [2.24, 2.45) is 0 Å². The molecule has 35 heavy (non-hydrogen) atoms. The van der Waals surface area contributed by atoms with Gasteiger partial charge in [0, 0.05) is 37.1 Å². The Morgan fingerprint density at radius 2 is 1.43 bits per heavy atom. The summed E-state index contributed by atoms with van der Waals surface area (Å²) in [5, 5.41) is 10.6. The smallest absolute Gasteiger partial charge is 0.335 e. The zero-order chi connectivity index (χ0) is 23.8. The second kappa shape index (κ2) is 8.68. The molecule has 7 heteroatoms. The number of rotatable bonds is 4. The predicted octanol–water partition coefficient (Wildman–Crippen LogP) is 4.87. The van der Waals surface area contributed by atoms with Gasteiger partial charge in [0.1, 0.15) is 11.5 Å². The van der Waals surface area contributed by atoms with Gasteiger partial charge in [-0.3, -0.25) is 0 Å². The molecular formula is C28H23N5O2. The number of hydrogen-bond donors (Lipinski definition) is 1. The van der Waals surface area contributed by atoms with Crippen molar-refractivity contribution in [3.05, 3.63) is 90.5 Å². The van der Waals surface area contributed by atoms with E-state index in [4.69, 9.17) is 15.0 Å². The number of pyridine rings is 1. The van der Waals surface area contributed by atoms with E-state index in [2.05, 4.69) is 28.0 Å². The molecule has 1 saturated heterocycles. The molecule has 6 rings (SSSR count). The fourth-order valence-corrected chi connectivity index (χ4v) is 4.57. The molecule has 2 aromatic heterocycles. The molecule has 1 aliphatic rings. The van der Waals surface area contributed by atoms with Crippen molar-refractivity contribution in [3.8, 4) is 11.3 Å². The first kappa shape index (κ1) is 21.0. The molecule has 0 aliphatic carbocycles. The second-order valence-corrected chi connectivity index (χ2v) is 8.61. The van der Waals surface area contributed by atoms with Crippen LogP contribution < -0.4 is 9.80 Å². The minimum absolute atomic E-state index is 0.206. The molecule has 0 radical (unpaired) electrons. The molecule has 0 bridgehead atoms. The molecule has 0 amide bonds. The van der Waals surface area contributed by atoms with Crippen LogP contribution in [0.1, 0.15) is 10.4 Å². The zero-order valence-corrected chi connectivity index (χ0v) is 19.0. The zero-order valence-electron chi connectivity index (χ0n) is 19.0. The summed E-state index contributed by atoms with van der Waals surface area (Å²) in [4.78, 5) is 30.7. The number of para-hydroxylation sites is 1. The van der Waals surface area contributed by atoms with Crippen molar-refractivity contribution in [2.75, 3.05) is 36.0 Å². The van der Waals surface area contributed by atoms with Gasteiger partial charge in [-0.25, -0.2) is 19.7 Å².